The Balaban J connectivity index is 0.000000321. The van der Waals surface area contributed by atoms with Gasteiger partial charge in [0.1, 0.15) is 5.58 Å². The fraction of sp³-hybridized carbons (Fsp3) is 0.412. The lowest BCUT2D eigenvalue weighted by Crippen LogP contribution is -2.35. The molecule has 2 heterocycles. The van der Waals surface area contributed by atoms with Crippen molar-refractivity contribution in [1.82, 2.24) is 10.6 Å². The number of halogens is 4. The molecule has 1 aliphatic rings. The van der Waals surface area contributed by atoms with Crippen molar-refractivity contribution in [3.63, 3.8) is 0 Å². The Hall–Kier alpha value is -2.26. The molecule has 0 aliphatic carbocycles. The Labute approximate surface area is 157 Å². The van der Waals surface area contributed by atoms with Gasteiger partial charge in [0.15, 0.2) is 5.76 Å². The summed E-state index contributed by atoms with van der Waals surface area (Å²) in [5.74, 6) is -2.02. The van der Waals surface area contributed by atoms with Crippen LogP contribution in [-0.2, 0) is 4.79 Å². The number of nitrogens with one attached hydrogen (secondary N) is 2. The standard InChI is InChI=1S/C15H17ClN2O2.C2HF3O2/c16-12-1-2-13-11(7-12)8-14(20-13)15(19)18-9-10-3-5-17-6-4-10;3-2(4,5)1(6)7/h1-2,7-8,10,17H,3-6,9H2,(H,18,19);(H,6,7). The van der Waals surface area contributed by atoms with E-state index in [4.69, 9.17) is 25.9 Å². The van der Waals surface area contributed by atoms with Crippen LogP contribution in [-0.4, -0.2) is 42.8 Å². The number of furan rings is 1. The van der Waals surface area contributed by atoms with Crippen molar-refractivity contribution in [2.45, 2.75) is 19.0 Å². The fourth-order valence-electron chi connectivity index (χ4n) is 2.54. The monoisotopic (exact) mass is 406 g/mol. The highest BCUT2D eigenvalue weighted by Crippen LogP contribution is 2.23. The van der Waals surface area contributed by atoms with Gasteiger partial charge in [0.05, 0.1) is 0 Å². The number of carboxylic acids is 1. The van der Waals surface area contributed by atoms with Crippen LogP contribution in [0.15, 0.2) is 28.7 Å². The summed E-state index contributed by atoms with van der Waals surface area (Å²) in [5, 5.41) is 14.9. The average Bonchev–Trinajstić information content (AvgIpc) is 3.03. The van der Waals surface area contributed by atoms with Crippen molar-refractivity contribution in [2.75, 3.05) is 19.6 Å². The maximum absolute atomic E-state index is 12.1. The number of hydrogen-bond acceptors (Lipinski definition) is 4. The first kappa shape index (κ1) is 21.0. The summed E-state index contributed by atoms with van der Waals surface area (Å²) in [6, 6.07) is 7.06. The topological polar surface area (TPSA) is 91.6 Å². The SMILES string of the molecule is O=C(NCC1CCNCC1)c1cc2cc(Cl)ccc2o1.O=C(O)C(F)(F)F. The van der Waals surface area contributed by atoms with Crippen molar-refractivity contribution in [3.8, 4) is 0 Å². The van der Waals surface area contributed by atoms with E-state index < -0.39 is 12.1 Å². The van der Waals surface area contributed by atoms with Crippen LogP contribution < -0.4 is 10.6 Å². The van der Waals surface area contributed by atoms with Gasteiger partial charge < -0.3 is 20.2 Å². The number of fused-ring (bicyclic) bond motifs is 1. The average molecular weight is 407 g/mol. The van der Waals surface area contributed by atoms with Crippen LogP contribution in [0.25, 0.3) is 11.0 Å². The number of rotatable bonds is 3. The zero-order valence-corrected chi connectivity index (χ0v) is 14.9. The van der Waals surface area contributed by atoms with Crippen LogP contribution in [0.2, 0.25) is 5.02 Å². The summed E-state index contributed by atoms with van der Waals surface area (Å²) in [4.78, 5) is 21.0. The molecule has 6 nitrogen and oxygen atoms in total. The number of alkyl halides is 3. The Bertz CT molecular complexity index is 801. The minimum absolute atomic E-state index is 0.157. The molecule has 3 rings (SSSR count). The Morgan fingerprint density at radius 3 is 2.48 bits per heavy atom. The fourth-order valence-corrected chi connectivity index (χ4v) is 2.72. The molecule has 0 spiro atoms. The van der Waals surface area contributed by atoms with Crippen LogP contribution in [0.5, 0.6) is 0 Å². The van der Waals surface area contributed by atoms with E-state index in [0.717, 1.165) is 31.3 Å². The molecule has 1 amide bonds. The first-order chi connectivity index (χ1) is 12.7. The summed E-state index contributed by atoms with van der Waals surface area (Å²) in [6.07, 6.45) is -2.87. The van der Waals surface area contributed by atoms with Gasteiger partial charge in [-0.2, -0.15) is 13.2 Å². The van der Waals surface area contributed by atoms with Crippen molar-refractivity contribution in [1.29, 1.82) is 0 Å². The molecular weight excluding hydrogens is 389 g/mol. The molecule has 0 saturated carbocycles. The maximum atomic E-state index is 12.1. The first-order valence-corrected chi connectivity index (χ1v) is 8.52. The van der Waals surface area contributed by atoms with Crippen molar-refractivity contribution in [2.24, 2.45) is 5.92 Å². The van der Waals surface area contributed by atoms with Gasteiger partial charge in [0, 0.05) is 17.0 Å². The number of piperidine rings is 1. The molecule has 2 aromatic rings. The molecule has 3 N–H and O–H groups in total. The van der Waals surface area contributed by atoms with Crippen molar-refractivity contribution >= 4 is 34.4 Å². The van der Waals surface area contributed by atoms with Crippen LogP contribution in [0.3, 0.4) is 0 Å². The largest absolute Gasteiger partial charge is 0.490 e. The summed E-state index contributed by atoms with van der Waals surface area (Å²) in [5.41, 5.74) is 0.682. The molecule has 10 heteroatoms. The van der Waals surface area contributed by atoms with Gasteiger partial charge in [-0.1, -0.05) is 11.6 Å². The second-order valence-corrected chi connectivity index (χ2v) is 6.44. The second kappa shape index (κ2) is 9.09. The van der Waals surface area contributed by atoms with E-state index in [2.05, 4.69) is 10.6 Å². The van der Waals surface area contributed by atoms with Crippen LogP contribution in [0.1, 0.15) is 23.4 Å². The molecule has 27 heavy (non-hydrogen) atoms. The molecule has 148 valence electrons. The van der Waals surface area contributed by atoms with Crippen LogP contribution >= 0.6 is 11.6 Å². The highest BCUT2D eigenvalue weighted by atomic mass is 35.5. The molecule has 1 aliphatic heterocycles. The number of carboxylic acid groups (broad SMARTS) is 1. The van der Waals surface area contributed by atoms with Gasteiger partial charge in [-0.05, 0) is 56.1 Å². The summed E-state index contributed by atoms with van der Waals surface area (Å²) in [7, 11) is 0. The minimum atomic E-state index is -5.08. The number of carbonyl (C=O) groups is 2. The highest BCUT2D eigenvalue weighted by molar-refractivity contribution is 6.31. The third kappa shape index (κ3) is 6.44. The van der Waals surface area contributed by atoms with Gasteiger partial charge in [-0.25, -0.2) is 4.79 Å². The first-order valence-electron chi connectivity index (χ1n) is 8.15. The van der Waals surface area contributed by atoms with E-state index in [9.17, 15) is 18.0 Å². The van der Waals surface area contributed by atoms with E-state index in [1.54, 1.807) is 24.3 Å². The van der Waals surface area contributed by atoms with E-state index in [-0.39, 0.29) is 5.91 Å². The molecule has 1 saturated heterocycles. The molecular formula is C17H18ClF3N2O4. The number of hydrogen-bond donors (Lipinski definition) is 3. The summed E-state index contributed by atoms with van der Waals surface area (Å²) < 4.78 is 37.3. The van der Waals surface area contributed by atoms with Gasteiger partial charge >= 0.3 is 12.1 Å². The predicted octanol–water partition coefficient (Wildman–Crippen LogP) is 3.45. The molecule has 0 atom stereocenters. The number of aliphatic carboxylic acids is 1. The Morgan fingerprint density at radius 1 is 1.26 bits per heavy atom. The van der Waals surface area contributed by atoms with Gasteiger partial charge in [0.2, 0.25) is 0 Å². The summed E-state index contributed by atoms with van der Waals surface area (Å²) in [6.45, 7) is 2.77. The lowest BCUT2D eigenvalue weighted by molar-refractivity contribution is -0.192. The Kier molecular flexibility index (Phi) is 7.09. The van der Waals surface area contributed by atoms with Crippen LogP contribution in [0.4, 0.5) is 13.2 Å². The second-order valence-electron chi connectivity index (χ2n) is 6.00. The molecule has 1 aromatic carbocycles. The minimum Gasteiger partial charge on any atom is -0.475 e. The molecule has 0 radical (unpaired) electrons. The zero-order valence-electron chi connectivity index (χ0n) is 14.1. The predicted molar refractivity (Wildman–Crippen MR) is 92.8 cm³/mol. The zero-order chi connectivity index (χ0) is 20.0. The third-order valence-electron chi connectivity index (χ3n) is 3.95. The van der Waals surface area contributed by atoms with Crippen molar-refractivity contribution in [3.05, 3.63) is 35.0 Å². The van der Waals surface area contributed by atoms with Gasteiger partial charge in [0.25, 0.3) is 5.91 Å². The number of amides is 1. The lowest BCUT2D eigenvalue weighted by atomic mass is 9.98. The van der Waals surface area contributed by atoms with E-state index in [1.165, 1.54) is 0 Å². The number of benzene rings is 1. The molecule has 0 bridgehead atoms. The lowest BCUT2D eigenvalue weighted by Gasteiger charge is -2.22. The molecule has 1 fully saturated rings. The van der Waals surface area contributed by atoms with E-state index in [1.807, 2.05) is 0 Å². The Morgan fingerprint density at radius 2 is 1.89 bits per heavy atom. The maximum Gasteiger partial charge on any atom is 0.490 e. The van der Waals surface area contributed by atoms with E-state index in [0.29, 0.717) is 28.8 Å². The quantitative estimate of drug-likeness (QED) is 0.726. The molecule has 1 aromatic heterocycles. The number of carbonyl (C=O) groups excluding carboxylic acids is 1. The van der Waals surface area contributed by atoms with E-state index >= 15 is 0 Å². The third-order valence-corrected chi connectivity index (χ3v) is 4.19. The summed E-state index contributed by atoms with van der Waals surface area (Å²) >= 11 is 5.92. The van der Waals surface area contributed by atoms with Gasteiger partial charge in [-0.3, -0.25) is 4.79 Å². The van der Waals surface area contributed by atoms with Gasteiger partial charge in [-0.15, -0.1) is 0 Å². The molecule has 0 unspecified atom stereocenters. The normalized spacial score (nSPS) is 15.1. The smallest absolute Gasteiger partial charge is 0.475 e. The highest BCUT2D eigenvalue weighted by Gasteiger charge is 2.38. The van der Waals surface area contributed by atoms with Crippen LogP contribution in [0, 0.1) is 5.92 Å². The van der Waals surface area contributed by atoms with Crippen molar-refractivity contribution < 1.29 is 32.3 Å².